The number of hydrogen-bond acceptors (Lipinski definition) is 1. The number of alkyl halides is 1. The second-order valence-corrected chi connectivity index (χ2v) is 7.05. The van der Waals surface area contributed by atoms with Crippen molar-refractivity contribution in [2.45, 2.75) is 53.5 Å². The monoisotopic (exact) mass is 325 g/mol. The molecule has 0 aliphatic rings. The average Bonchev–Trinajstić information content (AvgIpc) is 1.96. The first kappa shape index (κ1) is 15.2. The van der Waals surface area contributed by atoms with Gasteiger partial charge >= 0.3 is 0 Å². The second kappa shape index (κ2) is 5.51. The van der Waals surface area contributed by atoms with Gasteiger partial charge in [0, 0.05) is 15.9 Å². The predicted molar refractivity (Wildman–Crippen MR) is 74.3 cm³/mol. The zero-order valence-electron chi connectivity index (χ0n) is 10.8. The Labute approximate surface area is 108 Å². The van der Waals surface area contributed by atoms with Gasteiger partial charge in [-0.05, 0) is 25.7 Å². The average molecular weight is 325 g/mol. The van der Waals surface area contributed by atoms with Crippen LogP contribution in [0.2, 0.25) is 0 Å². The molecule has 0 aromatic heterocycles. The van der Waals surface area contributed by atoms with Gasteiger partial charge in [-0.25, -0.2) is 0 Å². The zero-order valence-corrected chi connectivity index (χ0v) is 12.9. The minimum atomic E-state index is -0.116. The van der Waals surface area contributed by atoms with Crippen LogP contribution in [0.3, 0.4) is 0 Å². The molecule has 0 bridgehead atoms. The molecule has 1 N–H and O–H groups in total. The minimum absolute atomic E-state index is 0.102. The van der Waals surface area contributed by atoms with E-state index >= 15 is 0 Å². The molecule has 0 saturated heterocycles. The topological polar surface area (TPSA) is 29.1 Å². The largest absolute Gasteiger partial charge is 0.351 e. The number of carbonyl (C=O) groups excluding carboxylic acids is 1. The van der Waals surface area contributed by atoms with E-state index in [0.29, 0.717) is 0 Å². The molecule has 0 saturated carbocycles. The van der Waals surface area contributed by atoms with Crippen molar-refractivity contribution in [3.05, 3.63) is 0 Å². The number of halogens is 1. The van der Waals surface area contributed by atoms with Crippen LogP contribution < -0.4 is 5.32 Å². The van der Waals surface area contributed by atoms with Crippen LogP contribution in [0.1, 0.15) is 48.0 Å². The van der Waals surface area contributed by atoms with Crippen LogP contribution in [0.4, 0.5) is 0 Å². The van der Waals surface area contributed by atoms with Gasteiger partial charge in [0.25, 0.3) is 0 Å². The molecule has 1 unspecified atom stereocenters. The summed E-state index contributed by atoms with van der Waals surface area (Å²) in [7, 11) is 0. The summed E-state index contributed by atoms with van der Waals surface area (Å²) in [5, 5.41) is 3.12. The lowest BCUT2D eigenvalue weighted by Gasteiger charge is -2.34. The lowest BCUT2D eigenvalue weighted by molar-refractivity contribution is -0.125. The quantitative estimate of drug-likeness (QED) is 0.623. The third-order valence-electron chi connectivity index (χ3n) is 2.11. The fourth-order valence-corrected chi connectivity index (χ4v) is 2.30. The van der Waals surface area contributed by atoms with Crippen molar-refractivity contribution in [3.63, 3.8) is 0 Å². The predicted octanol–water partition coefficient (Wildman–Crippen LogP) is 3.39. The molecule has 0 aliphatic carbocycles. The third-order valence-corrected chi connectivity index (χ3v) is 3.43. The smallest absolute Gasteiger partial charge is 0.224 e. The van der Waals surface area contributed by atoms with E-state index in [2.05, 4.69) is 62.5 Å². The second-order valence-electron chi connectivity index (χ2n) is 6.17. The maximum Gasteiger partial charge on any atom is 0.224 e. The van der Waals surface area contributed by atoms with Crippen LogP contribution in [0.15, 0.2) is 0 Å². The van der Waals surface area contributed by atoms with Crippen molar-refractivity contribution in [3.8, 4) is 0 Å². The Hall–Kier alpha value is 0.200. The van der Waals surface area contributed by atoms with Gasteiger partial charge in [-0.3, -0.25) is 4.79 Å². The van der Waals surface area contributed by atoms with Gasteiger partial charge in [0.15, 0.2) is 0 Å². The summed E-state index contributed by atoms with van der Waals surface area (Å²) in [6.07, 6.45) is 0.986. The Kier molecular flexibility index (Phi) is 5.58. The summed E-state index contributed by atoms with van der Waals surface area (Å²) in [6, 6.07) is 0. The Morgan fingerprint density at radius 3 is 2.07 bits per heavy atom. The summed E-state index contributed by atoms with van der Waals surface area (Å²) in [6.45, 7) is 12.7. The SMILES string of the molecule is CC(CI)C(=O)NC(C)(C)CC(C)(C)C. The molecular weight excluding hydrogens is 301 g/mol. The molecule has 0 spiro atoms. The fraction of sp³-hybridized carbons (Fsp3) is 0.917. The molecule has 0 aromatic rings. The molecule has 90 valence electrons. The number of hydrogen-bond donors (Lipinski definition) is 1. The van der Waals surface area contributed by atoms with Crippen LogP contribution in [-0.4, -0.2) is 15.9 Å². The lowest BCUT2D eigenvalue weighted by Crippen LogP contribution is -2.47. The first-order chi connectivity index (χ1) is 6.57. The van der Waals surface area contributed by atoms with E-state index in [-0.39, 0.29) is 22.8 Å². The van der Waals surface area contributed by atoms with E-state index in [4.69, 9.17) is 0 Å². The summed E-state index contributed by atoms with van der Waals surface area (Å²) >= 11 is 2.25. The van der Waals surface area contributed by atoms with Gasteiger partial charge in [-0.1, -0.05) is 50.3 Å². The number of nitrogens with one attached hydrogen (secondary N) is 1. The van der Waals surface area contributed by atoms with Crippen molar-refractivity contribution in [2.24, 2.45) is 11.3 Å². The lowest BCUT2D eigenvalue weighted by atomic mass is 9.81. The highest BCUT2D eigenvalue weighted by Crippen LogP contribution is 2.27. The highest BCUT2D eigenvalue weighted by Gasteiger charge is 2.28. The molecule has 2 nitrogen and oxygen atoms in total. The maximum absolute atomic E-state index is 11.8. The zero-order chi connectivity index (χ0) is 12.3. The van der Waals surface area contributed by atoms with Crippen LogP contribution in [-0.2, 0) is 4.79 Å². The molecule has 15 heavy (non-hydrogen) atoms. The number of rotatable bonds is 4. The molecular formula is C12H24INO. The van der Waals surface area contributed by atoms with E-state index in [0.717, 1.165) is 10.8 Å². The summed E-state index contributed by atoms with van der Waals surface area (Å²) in [4.78, 5) is 11.8. The molecule has 3 heteroatoms. The van der Waals surface area contributed by atoms with Crippen molar-refractivity contribution >= 4 is 28.5 Å². The Morgan fingerprint density at radius 1 is 1.27 bits per heavy atom. The van der Waals surface area contributed by atoms with E-state index in [9.17, 15) is 4.79 Å². The summed E-state index contributed by atoms with van der Waals surface area (Å²) in [5.41, 5.74) is 0.125. The van der Waals surface area contributed by atoms with Crippen LogP contribution in [0.25, 0.3) is 0 Å². The van der Waals surface area contributed by atoms with Gasteiger partial charge in [0.05, 0.1) is 0 Å². The van der Waals surface area contributed by atoms with E-state index in [1.165, 1.54) is 0 Å². The van der Waals surface area contributed by atoms with E-state index in [1.807, 2.05) is 6.92 Å². The fourth-order valence-electron chi connectivity index (χ4n) is 1.90. The van der Waals surface area contributed by atoms with Crippen molar-refractivity contribution < 1.29 is 4.79 Å². The molecule has 0 radical (unpaired) electrons. The first-order valence-electron chi connectivity index (χ1n) is 5.45. The Bertz CT molecular complexity index is 218. The van der Waals surface area contributed by atoms with E-state index < -0.39 is 0 Å². The molecule has 0 fully saturated rings. The molecule has 0 aliphatic heterocycles. The number of amides is 1. The molecule has 0 heterocycles. The summed E-state index contributed by atoms with van der Waals surface area (Å²) in [5.74, 6) is 0.267. The van der Waals surface area contributed by atoms with Crippen molar-refractivity contribution in [1.29, 1.82) is 0 Å². The van der Waals surface area contributed by atoms with Crippen LogP contribution in [0.5, 0.6) is 0 Å². The van der Waals surface area contributed by atoms with Gasteiger partial charge < -0.3 is 5.32 Å². The molecule has 1 amide bonds. The van der Waals surface area contributed by atoms with E-state index in [1.54, 1.807) is 0 Å². The van der Waals surface area contributed by atoms with Gasteiger partial charge in [-0.15, -0.1) is 0 Å². The standard InChI is InChI=1S/C12H24INO/c1-9(7-13)10(15)14-12(5,6)8-11(2,3)4/h9H,7-8H2,1-6H3,(H,14,15). The molecule has 1 atom stereocenters. The Morgan fingerprint density at radius 2 is 1.73 bits per heavy atom. The normalized spacial score (nSPS) is 14.9. The first-order valence-corrected chi connectivity index (χ1v) is 6.98. The van der Waals surface area contributed by atoms with Crippen molar-refractivity contribution in [2.75, 3.05) is 4.43 Å². The Balaban J connectivity index is 4.32. The maximum atomic E-state index is 11.8. The van der Waals surface area contributed by atoms with Gasteiger partial charge in [0.2, 0.25) is 5.91 Å². The van der Waals surface area contributed by atoms with Crippen molar-refractivity contribution in [1.82, 2.24) is 5.32 Å². The third kappa shape index (κ3) is 7.14. The minimum Gasteiger partial charge on any atom is -0.351 e. The summed E-state index contributed by atoms with van der Waals surface area (Å²) < 4.78 is 0.870. The molecule has 0 rings (SSSR count). The van der Waals surface area contributed by atoms with Gasteiger partial charge in [-0.2, -0.15) is 0 Å². The highest BCUT2D eigenvalue weighted by atomic mass is 127. The van der Waals surface area contributed by atoms with Gasteiger partial charge in [0.1, 0.15) is 0 Å². The van der Waals surface area contributed by atoms with Crippen LogP contribution in [0, 0.1) is 11.3 Å². The molecule has 0 aromatic carbocycles. The highest BCUT2D eigenvalue weighted by molar-refractivity contribution is 14.1. The van der Waals surface area contributed by atoms with Crippen LogP contribution >= 0.6 is 22.6 Å². The number of carbonyl (C=O) groups is 1.